The first-order valence-electron chi connectivity index (χ1n) is 5.93. The third-order valence-corrected chi connectivity index (χ3v) is 3.76. The van der Waals surface area contributed by atoms with Gasteiger partial charge in [-0.25, -0.2) is 0 Å². The van der Waals surface area contributed by atoms with E-state index < -0.39 is 0 Å². The zero-order chi connectivity index (χ0) is 9.97. The highest BCUT2D eigenvalue weighted by Gasteiger charge is 2.26. The Hall–Kier alpha value is -0.120. The molecule has 0 bridgehead atoms. The van der Waals surface area contributed by atoms with E-state index in [1.54, 1.807) is 0 Å². The molecule has 0 unspecified atom stereocenters. The molecule has 0 aromatic rings. The molecule has 0 radical (unpaired) electrons. The summed E-state index contributed by atoms with van der Waals surface area (Å²) in [6.07, 6.45) is 6.77. The van der Waals surface area contributed by atoms with Crippen molar-refractivity contribution in [2.45, 2.75) is 64.1 Å². The molecular weight excluding hydrogens is 188 g/mol. The summed E-state index contributed by atoms with van der Waals surface area (Å²) in [6.45, 7) is 2.17. The lowest BCUT2D eigenvalue weighted by Crippen LogP contribution is -2.45. The van der Waals surface area contributed by atoms with Crippen LogP contribution in [-0.2, 0) is 0 Å². The fraction of sp³-hybridized carbons (Fsp3) is 1.00. The Morgan fingerprint density at radius 1 is 0.933 bits per heavy atom. The van der Waals surface area contributed by atoms with Gasteiger partial charge in [-0.05, 0) is 38.5 Å². The number of rotatable bonds is 1. The molecule has 2 rings (SSSR count). The van der Waals surface area contributed by atoms with E-state index in [0.717, 1.165) is 32.0 Å². The molecule has 90 valence electrons. The summed E-state index contributed by atoms with van der Waals surface area (Å²) in [5.74, 6) is 0. The summed E-state index contributed by atoms with van der Waals surface area (Å²) < 4.78 is 0. The highest BCUT2D eigenvalue weighted by molar-refractivity contribution is 4.83. The Morgan fingerprint density at radius 2 is 1.47 bits per heavy atom. The SMILES string of the molecule is C.NC1CCC(N2CCC(O)CC2)CC1. The Labute approximate surface area is 93.6 Å². The van der Waals surface area contributed by atoms with Crippen LogP contribution in [0.4, 0.5) is 0 Å². The van der Waals surface area contributed by atoms with Crippen LogP contribution < -0.4 is 5.73 Å². The van der Waals surface area contributed by atoms with Crippen LogP contribution in [0.3, 0.4) is 0 Å². The molecule has 3 nitrogen and oxygen atoms in total. The summed E-state index contributed by atoms with van der Waals surface area (Å²) >= 11 is 0. The Morgan fingerprint density at radius 3 is 2.00 bits per heavy atom. The van der Waals surface area contributed by atoms with Gasteiger partial charge >= 0.3 is 0 Å². The van der Waals surface area contributed by atoms with E-state index in [1.807, 2.05) is 0 Å². The number of hydrogen-bond donors (Lipinski definition) is 2. The van der Waals surface area contributed by atoms with Gasteiger partial charge in [0.1, 0.15) is 0 Å². The first-order chi connectivity index (χ1) is 6.75. The summed E-state index contributed by atoms with van der Waals surface area (Å²) in [7, 11) is 0. The van der Waals surface area contributed by atoms with E-state index in [2.05, 4.69) is 4.90 Å². The van der Waals surface area contributed by atoms with Crippen LogP contribution >= 0.6 is 0 Å². The van der Waals surface area contributed by atoms with E-state index in [4.69, 9.17) is 5.73 Å². The predicted molar refractivity (Wildman–Crippen MR) is 63.8 cm³/mol. The van der Waals surface area contributed by atoms with Crippen LogP contribution in [0.1, 0.15) is 46.0 Å². The fourth-order valence-corrected chi connectivity index (χ4v) is 2.72. The van der Waals surface area contributed by atoms with Crippen molar-refractivity contribution in [3.63, 3.8) is 0 Å². The first kappa shape index (κ1) is 12.9. The fourth-order valence-electron chi connectivity index (χ4n) is 2.72. The minimum Gasteiger partial charge on any atom is -0.393 e. The summed E-state index contributed by atoms with van der Waals surface area (Å²) in [4.78, 5) is 2.55. The second-order valence-electron chi connectivity index (χ2n) is 4.84. The molecule has 1 aliphatic heterocycles. The zero-order valence-electron chi connectivity index (χ0n) is 8.86. The third kappa shape index (κ3) is 3.44. The van der Waals surface area contributed by atoms with Gasteiger partial charge in [0, 0.05) is 25.2 Å². The number of aliphatic hydroxyl groups is 1. The maximum absolute atomic E-state index is 9.42. The van der Waals surface area contributed by atoms with Crippen molar-refractivity contribution >= 4 is 0 Å². The van der Waals surface area contributed by atoms with Crippen LogP contribution in [0.15, 0.2) is 0 Å². The van der Waals surface area contributed by atoms with Crippen molar-refractivity contribution in [3.05, 3.63) is 0 Å². The number of aliphatic hydroxyl groups excluding tert-OH is 1. The van der Waals surface area contributed by atoms with Gasteiger partial charge in [-0.1, -0.05) is 7.43 Å². The molecule has 2 fully saturated rings. The summed E-state index contributed by atoms with van der Waals surface area (Å²) in [6, 6.07) is 1.20. The van der Waals surface area contributed by atoms with E-state index in [1.165, 1.54) is 25.7 Å². The number of likely N-dealkylation sites (tertiary alicyclic amines) is 1. The van der Waals surface area contributed by atoms with Crippen molar-refractivity contribution in [2.24, 2.45) is 5.73 Å². The number of nitrogens with two attached hydrogens (primary N) is 1. The molecule has 0 spiro atoms. The molecule has 0 amide bonds. The van der Waals surface area contributed by atoms with Crippen LogP contribution in [0, 0.1) is 0 Å². The van der Waals surface area contributed by atoms with Crippen LogP contribution in [-0.4, -0.2) is 41.3 Å². The molecule has 1 saturated carbocycles. The topological polar surface area (TPSA) is 49.5 Å². The summed E-state index contributed by atoms with van der Waals surface area (Å²) in [5, 5.41) is 9.42. The van der Waals surface area contributed by atoms with Gasteiger partial charge < -0.3 is 15.7 Å². The van der Waals surface area contributed by atoms with Gasteiger partial charge in [0.05, 0.1) is 6.10 Å². The standard InChI is InChI=1S/C11H22N2O.CH4/c12-9-1-3-10(4-2-9)13-7-5-11(14)6-8-13;/h9-11,14H,1-8,12H2;1H4. The lowest BCUT2D eigenvalue weighted by atomic mass is 9.89. The second kappa shape index (κ2) is 5.83. The van der Waals surface area contributed by atoms with Gasteiger partial charge in [0.25, 0.3) is 0 Å². The van der Waals surface area contributed by atoms with E-state index in [-0.39, 0.29) is 13.5 Å². The number of nitrogens with zero attached hydrogens (tertiary/aromatic N) is 1. The first-order valence-corrected chi connectivity index (χ1v) is 5.93. The maximum atomic E-state index is 9.42. The lowest BCUT2D eigenvalue weighted by Gasteiger charge is -2.39. The molecule has 0 atom stereocenters. The highest BCUT2D eigenvalue weighted by Crippen LogP contribution is 2.24. The van der Waals surface area contributed by atoms with Gasteiger partial charge in [-0.15, -0.1) is 0 Å². The zero-order valence-corrected chi connectivity index (χ0v) is 8.86. The normalized spacial score (nSPS) is 34.8. The van der Waals surface area contributed by atoms with Crippen molar-refractivity contribution in [1.29, 1.82) is 0 Å². The van der Waals surface area contributed by atoms with E-state index in [9.17, 15) is 5.11 Å². The van der Waals surface area contributed by atoms with Crippen LogP contribution in [0.2, 0.25) is 0 Å². The van der Waals surface area contributed by atoms with E-state index in [0.29, 0.717) is 6.04 Å². The highest BCUT2D eigenvalue weighted by atomic mass is 16.3. The van der Waals surface area contributed by atoms with Crippen molar-refractivity contribution < 1.29 is 5.11 Å². The molecule has 1 heterocycles. The smallest absolute Gasteiger partial charge is 0.0564 e. The quantitative estimate of drug-likeness (QED) is 0.693. The Bertz CT molecular complexity index is 150. The molecule has 3 heteroatoms. The number of piperidine rings is 1. The lowest BCUT2D eigenvalue weighted by molar-refractivity contribution is 0.0489. The van der Waals surface area contributed by atoms with E-state index >= 15 is 0 Å². The molecule has 15 heavy (non-hydrogen) atoms. The van der Waals surface area contributed by atoms with Gasteiger partial charge in [-0.3, -0.25) is 0 Å². The molecule has 1 saturated heterocycles. The molecule has 0 aromatic heterocycles. The van der Waals surface area contributed by atoms with Gasteiger partial charge in [0.15, 0.2) is 0 Å². The van der Waals surface area contributed by atoms with Gasteiger partial charge in [-0.2, -0.15) is 0 Å². The molecule has 0 aromatic carbocycles. The number of hydrogen-bond acceptors (Lipinski definition) is 3. The second-order valence-corrected chi connectivity index (χ2v) is 4.84. The van der Waals surface area contributed by atoms with Crippen LogP contribution in [0.5, 0.6) is 0 Å². The predicted octanol–water partition coefficient (Wildman–Crippen LogP) is 1.35. The monoisotopic (exact) mass is 214 g/mol. The van der Waals surface area contributed by atoms with Crippen molar-refractivity contribution in [1.82, 2.24) is 4.90 Å². The molecule has 3 N–H and O–H groups in total. The molecule has 1 aliphatic carbocycles. The minimum absolute atomic E-state index is 0. The van der Waals surface area contributed by atoms with Crippen molar-refractivity contribution in [3.8, 4) is 0 Å². The maximum Gasteiger partial charge on any atom is 0.0564 e. The van der Waals surface area contributed by atoms with Gasteiger partial charge in [0.2, 0.25) is 0 Å². The molecule has 2 aliphatic rings. The Balaban J connectivity index is 0.00000112. The molecular formula is C12H26N2O. The average molecular weight is 214 g/mol. The average Bonchev–Trinajstić information content (AvgIpc) is 2.21. The van der Waals surface area contributed by atoms with Crippen molar-refractivity contribution in [2.75, 3.05) is 13.1 Å². The van der Waals surface area contributed by atoms with Crippen LogP contribution in [0.25, 0.3) is 0 Å². The minimum atomic E-state index is -0.0444. The Kier molecular flexibility index (Phi) is 5.03. The third-order valence-electron chi connectivity index (χ3n) is 3.76. The summed E-state index contributed by atoms with van der Waals surface area (Å²) in [5.41, 5.74) is 5.89. The largest absolute Gasteiger partial charge is 0.393 e.